The van der Waals surface area contributed by atoms with E-state index in [1.54, 1.807) is 18.2 Å². The van der Waals surface area contributed by atoms with E-state index in [0.717, 1.165) is 11.8 Å². The molecular formula is C11H15N3O4S2. The largest absolute Gasteiger partial charge is 0.323 e. The van der Waals surface area contributed by atoms with E-state index in [0.29, 0.717) is 5.52 Å². The van der Waals surface area contributed by atoms with E-state index in [1.165, 1.54) is 0 Å². The Balaban J connectivity index is 2.04. The van der Waals surface area contributed by atoms with Crippen LogP contribution in [0.1, 0.15) is 6.42 Å². The highest BCUT2D eigenvalue weighted by Gasteiger charge is 2.14. The van der Waals surface area contributed by atoms with Gasteiger partial charge in [-0.1, -0.05) is 12.1 Å². The summed E-state index contributed by atoms with van der Waals surface area (Å²) < 4.78 is 47.8. The molecule has 2 aromatic rings. The van der Waals surface area contributed by atoms with Crippen LogP contribution in [0, 0.1) is 0 Å². The van der Waals surface area contributed by atoms with E-state index in [-0.39, 0.29) is 23.9 Å². The summed E-state index contributed by atoms with van der Waals surface area (Å²) in [5, 5.41) is 0. The first-order valence-corrected chi connectivity index (χ1v) is 9.59. The molecule has 2 N–H and O–H groups in total. The highest BCUT2D eigenvalue weighted by molar-refractivity contribution is 7.93. The highest BCUT2D eigenvalue weighted by atomic mass is 32.2. The van der Waals surface area contributed by atoms with Gasteiger partial charge in [-0.25, -0.2) is 21.8 Å². The summed E-state index contributed by atoms with van der Waals surface area (Å²) >= 11 is 0. The standard InChI is InChI=1S/C11H15N3O4S2/c1-19(15,16)7-4-8-20(17,18)14-11-12-9-5-2-3-6-10(9)13-11/h2-3,5-6H,4,7-8H2,1H3,(H2,12,13,14). The summed E-state index contributed by atoms with van der Waals surface area (Å²) in [7, 11) is -6.77. The van der Waals surface area contributed by atoms with Crippen molar-refractivity contribution in [2.24, 2.45) is 0 Å². The van der Waals surface area contributed by atoms with Crippen molar-refractivity contribution in [3.63, 3.8) is 0 Å². The SMILES string of the molecule is CS(=O)(=O)CCCS(=O)(=O)Nc1nc2ccccc2[nH]1. The molecule has 0 saturated carbocycles. The molecule has 0 saturated heterocycles. The molecule has 0 aliphatic carbocycles. The number of hydrogen-bond acceptors (Lipinski definition) is 5. The molecule has 0 radical (unpaired) electrons. The predicted octanol–water partition coefficient (Wildman–Crippen LogP) is 0.739. The number of fused-ring (bicyclic) bond motifs is 1. The number of nitrogens with zero attached hydrogens (tertiary/aromatic N) is 1. The molecule has 2 rings (SSSR count). The van der Waals surface area contributed by atoms with Crippen molar-refractivity contribution in [3.05, 3.63) is 24.3 Å². The third kappa shape index (κ3) is 4.20. The number of para-hydroxylation sites is 2. The van der Waals surface area contributed by atoms with E-state index in [2.05, 4.69) is 14.7 Å². The number of imidazole rings is 1. The number of hydrogen-bond donors (Lipinski definition) is 2. The van der Waals surface area contributed by atoms with E-state index in [1.807, 2.05) is 6.07 Å². The summed E-state index contributed by atoms with van der Waals surface area (Å²) in [5.74, 6) is -0.295. The Hall–Kier alpha value is -1.61. The van der Waals surface area contributed by atoms with E-state index in [4.69, 9.17) is 0 Å². The monoisotopic (exact) mass is 317 g/mol. The smallest absolute Gasteiger partial charge is 0.235 e. The van der Waals surface area contributed by atoms with Gasteiger partial charge in [-0.05, 0) is 18.6 Å². The van der Waals surface area contributed by atoms with E-state index >= 15 is 0 Å². The first-order valence-electron chi connectivity index (χ1n) is 5.88. The molecule has 1 aromatic heterocycles. The number of nitrogens with one attached hydrogen (secondary N) is 2. The lowest BCUT2D eigenvalue weighted by Crippen LogP contribution is -2.19. The zero-order valence-corrected chi connectivity index (χ0v) is 12.5. The van der Waals surface area contributed by atoms with Crippen LogP contribution in [0.25, 0.3) is 11.0 Å². The Bertz CT molecular complexity index is 776. The minimum Gasteiger partial charge on any atom is -0.323 e. The fourth-order valence-corrected chi connectivity index (χ4v) is 3.58. The van der Waals surface area contributed by atoms with Gasteiger partial charge in [-0.2, -0.15) is 0 Å². The summed E-state index contributed by atoms with van der Waals surface area (Å²) in [6.45, 7) is 0. The number of sulfonamides is 1. The lowest BCUT2D eigenvalue weighted by atomic mass is 10.3. The highest BCUT2D eigenvalue weighted by Crippen LogP contribution is 2.14. The lowest BCUT2D eigenvalue weighted by molar-refractivity contribution is 0.595. The van der Waals surface area contributed by atoms with Crippen LogP contribution in [0.4, 0.5) is 5.95 Å². The molecule has 0 bridgehead atoms. The summed E-state index contributed by atoms with van der Waals surface area (Å²) in [5.41, 5.74) is 1.38. The zero-order valence-electron chi connectivity index (χ0n) is 10.8. The fourth-order valence-electron chi connectivity index (χ4n) is 1.71. The Morgan fingerprint density at radius 1 is 1.15 bits per heavy atom. The molecule has 0 spiro atoms. The second-order valence-electron chi connectivity index (χ2n) is 4.51. The Morgan fingerprint density at radius 3 is 2.50 bits per heavy atom. The fraction of sp³-hybridized carbons (Fsp3) is 0.364. The van der Waals surface area contributed by atoms with Gasteiger partial charge in [0.1, 0.15) is 9.84 Å². The normalized spacial score (nSPS) is 12.7. The zero-order chi connectivity index (χ0) is 14.8. The van der Waals surface area contributed by atoms with Gasteiger partial charge in [-0.3, -0.25) is 4.72 Å². The number of anilines is 1. The minimum absolute atomic E-state index is 0.0500. The molecule has 110 valence electrons. The third-order valence-electron chi connectivity index (χ3n) is 2.57. The van der Waals surface area contributed by atoms with Gasteiger partial charge >= 0.3 is 0 Å². The van der Waals surface area contributed by atoms with Crippen LogP contribution in [-0.4, -0.2) is 44.6 Å². The molecule has 0 aliphatic heterocycles. The maximum atomic E-state index is 11.8. The van der Waals surface area contributed by atoms with Gasteiger partial charge in [-0.15, -0.1) is 0 Å². The number of aromatic nitrogens is 2. The second kappa shape index (κ2) is 5.41. The Labute approximate surface area is 117 Å². The van der Waals surface area contributed by atoms with Crippen LogP contribution in [0.2, 0.25) is 0 Å². The van der Waals surface area contributed by atoms with Gasteiger partial charge in [0.05, 0.1) is 22.5 Å². The van der Waals surface area contributed by atoms with Crippen molar-refractivity contribution in [1.82, 2.24) is 9.97 Å². The van der Waals surface area contributed by atoms with Gasteiger partial charge < -0.3 is 4.98 Å². The summed E-state index contributed by atoms with van der Waals surface area (Å²) in [6, 6.07) is 7.15. The third-order valence-corrected chi connectivity index (χ3v) is 4.93. The predicted molar refractivity (Wildman–Crippen MR) is 77.8 cm³/mol. The van der Waals surface area contributed by atoms with Gasteiger partial charge in [0.25, 0.3) is 0 Å². The number of sulfone groups is 1. The average Bonchev–Trinajstić information content (AvgIpc) is 2.67. The molecule has 0 atom stereocenters. The summed E-state index contributed by atoms with van der Waals surface area (Å²) in [4.78, 5) is 6.93. The Morgan fingerprint density at radius 2 is 1.85 bits per heavy atom. The maximum Gasteiger partial charge on any atom is 0.235 e. The second-order valence-corrected chi connectivity index (χ2v) is 8.61. The van der Waals surface area contributed by atoms with Gasteiger partial charge in [0.15, 0.2) is 0 Å². The number of H-pyrrole nitrogens is 1. The van der Waals surface area contributed by atoms with Crippen LogP contribution in [0.3, 0.4) is 0 Å². The van der Waals surface area contributed by atoms with Crippen molar-refractivity contribution in [3.8, 4) is 0 Å². The topological polar surface area (TPSA) is 109 Å². The van der Waals surface area contributed by atoms with E-state index in [9.17, 15) is 16.8 Å². The first-order chi connectivity index (χ1) is 9.25. The van der Waals surface area contributed by atoms with Crippen molar-refractivity contribution in [2.45, 2.75) is 6.42 Å². The molecule has 0 amide bonds. The molecule has 7 nitrogen and oxygen atoms in total. The lowest BCUT2D eigenvalue weighted by Gasteiger charge is -2.04. The van der Waals surface area contributed by atoms with Crippen molar-refractivity contribution >= 4 is 36.8 Å². The minimum atomic E-state index is -3.61. The van der Waals surface area contributed by atoms with Crippen molar-refractivity contribution < 1.29 is 16.8 Å². The van der Waals surface area contributed by atoms with Crippen molar-refractivity contribution in [2.75, 3.05) is 22.5 Å². The van der Waals surface area contributed by atoms with Crippen LogP contribution in [0.15, 0.2) is 24.3 Å². The van der Waals surface area contributed by atoms with Crippen LogP contribution in [-0.2, 0) is 19.9 Å². The van der Waals surface area contributed by atoms with E-state index < -0.39 is 19.9 Å². The maximum absolute atomic E-state index is 11.8. The molecule has 1 aromatic carbocycles. The van der Waals surface area contributed by atoms with Gasteiger partial charge in [0.2, 0.25) is 16.0 Å². The van der Waals surface area contributed by atoms with Gasteiger partial charge in [0, 0.05) is 6.26 Å². The number of benzene rings is 1. The quantitative estimate of drug-likeness (QED) is 0.816. The van der Waals surface area contributed by atoms with Crippen LogP contribution >= 0.6 is 0 Å². The molecule has 0 aliphatic rings. The average molecular weight is 317 g/mol. The Kier molecular flexibility index (Phi) is 4.00. The molecular weight excluding hydrogens is 302 g/mol. The molecule has 1 heterocycles. The molecule has 20 heavy (non-hydrogen) atoms. The first kappa shape index (κ1) is 14.8. The van der Waals surface area contributed by atoms with Crippen molar-refractivity contribution in [1.29, 1.82) is 0 Å². The number of aromatic amines is 1. The number of rotatable bonds is 6. The molecule has 0 unspecified atom stereocenters. The van der Waals surface area contributed by atoms with Crippen LogP contribution < -0.4 is 4.72 Å². The molecule has 9 heteroatoms. The summed E-state index contributed by atoms with van der Waals surface area (Å²) in [6.07, 6.45) is 1.13. The molecule has 0 fully saturated rings. The van der Waals surface area contributed by atoms with Crippen LogP contribution in [0.5, 0.6) is 0 Å².